The van der Waals surface area contributed by atoms with Crippen LogP contribution in [0.3, 0.4) is 0 Å². The Morgan fingerprint density at radius 3 is 2.52 bits per heavy atom. The summed E-state index contributed by atoms with van der Waals surface area (Å²) in [5.41, 5.74) is 2.51. The molecule has 0 saturated carbocycles. The standard InChI is InChI=1S/C18H28N4O/c1-21-9-11-22(12-10-21)14-16-6-4-15(5-7-16)13-20-18(23)17-3-2-8-19-17/h4-7,17,19H,2-3,8-14H2,1H3,(H,20,23). The van der Waals surface area contributed by atoms with Crippen molar-refractivity contribution >= 4 is 5.91 Å². The first-order chi connectivity index (χ1) is 11.2. The molecule has 2 fully saturated rings. The number of nitrogens with one attached hydrogen (secondary N) is 2. The normalized spacial score (nSPS) is 23.1. The predicted octanol–water partition coefficient (Wildman–Crippen LogP) is 0.802. The molecule has 2 heterocycles. The molecular formula is C18H28N4O. The van der Waals surface area contributed by atoms with Gasteiger partial charge in [0.25, 0.3) is 0 Å². The van der Waals surface area contributed by atoms with Crippen molar-refractivity contribution in [1.29, 1.82) is 0 Å². The third-order valence-electron chi connectivity index (χ3n) is 4.87. The average molecular weight is 316 g/mol. The first kappa shape index (κ1) is 16.4. The first-order valence-corrected chi connectivity index (χ1v) is 8.70. The number of hydrogen-bond donors (Lipinski definition) is 2. The highest BCUT2D eigenvalue weighted by atomic mass is 16.2. The molecule has 0 aliphatic carbocycles. The summed E-state index contributed by atoms with van der Waals surface area (Å²) in [4.78, 5) is 16.9. The summed E-state index contributed by atoms with van der Waals surface area (Å²) in [6.07, 6.45) is 2.05. The molecule has 1 aromatic carbocycles. The Labute approximate surface area is 139 Å². The Bertz CT molecular complexity index is 502. The largest absolute Gasteiger partial charge is 0.351 e. The lowest BCUT2D eigenvalue weighted by Crippen LogP contribution is -2.43. The molecule has 2 aliphatic rings. The Hall–Kier alpha value is -1.43. The number of nitrogens with zero attached hydrogens (tertiary/aromatic N) is 2. The van der Waals surface area contributed by atoms with Gasteiger partial charge in [-0.15, -0.1) is 0 Å². The molecule has 0 bridgehead atoms. The summed E-state index contributed by atoms with van der Waals surface area (Å²) in [5, 5.41) is 6.26. The van der Waals surface area contributed by atoms with Crippen LogP contribution in [0.5, 0.6) is 0 Å². The molecule has 2 aliphatic heterocycles. The minimum Gasteiger partial charge on any atom is -0.351 e. The molecule has 0 radical (unpaired) electrons. The molecule has 2 N–H and O–H groups in total. The van der Waals surface area contributed by atoms with Gasteiger partial charge in [0, 0.05) is 39.3 Å². The second-order valence-electron chi connectivity index (χ2n) is 6.76. The molecule has 1 atom stereocenters. The lowest BCUT2D eigenvalue weighted by molar-refractivity contribution is -0.122. The third-order valence-corrected chi connectivity index (χ3v) is 4.87. The molecule has 3 rings (SSSR count). The van der Waals surface area contributed by atoms with E-state index in [1.165, 1.54) is 11.1 Å². The number of carbonyl (C=O) groups is 1. The van der Waals surface area contributed by atoms with Crippen molar-refractivity contribution < 1.29 is 4.79 Å². The molecular weight excluding hydrogens is 288 g/mol. The maximum Gasteiger partial charge on any atom is 0.237 e. The highest BCUT2D eigenvalue weighted by Crippen LogP contribution is 2.10. The number of piperazine rings is 1. The Morgan fingerprint density at radius 1 is 1.17 bits per heavy atom. The van der Waals surface area contributed by atoms with Crippen LogP contribution in [-0.4, -0.2) is 61.5 Å². The smallest absolute Gasteiger partial charge is 0.237 e. The quantitative estimate of drug-likeness (QED) is 0.844. The maximum atomic E-state index is 12.0. The van der Waals surface area contributed by atoms with Crippen molar-refractivity contribution in [1.82, 2.24) is 20.4 Å². The summed E-state index contributed by atoms with van der Waals surface area (Å²) in [7, 11) is 2.18. The van der Waals surface area contributed by atoms with Gasteiger partial charge in [0.1, 0.15) is 0 Å². The number of likely N-dealkylation sites (N-methyl/N-ethyl adjacent to an activating group) is 1. The summed E-state index contributed by atoms with van der Waals surface area (Å²) in [6, 6.07) is 8.65. The first-order valence-electron chi connectivity index (χ1n) is 8.70. The van der Waals surface area contributed by atoms with Crippen molar-refractivity contribution in [2.45, 2.75) is 32.0 Å². The van der Waals surface area contributed by atoms with E-state index in [9.17, 15) is 4.79 Å². The molecule has 126 valence electrons. The number of amides is 1. The SMILES string of the molecule is CN1CCN(Cc2ccc(CNC(=O)C3CCCN3)cc2)CC1. The lowest BCUT2D eigenvalue weighted by Gasteiger charge is -2.32. The molecule has 23 heavy (non-hydrogen) atoms. The zero-order valence-corrected chi connectivity index (χ0v) is 14.1. The van der Waals surface area contributed by atoms with Crippen LogP contribution in [0, 0.1) is 0 Å². The fourth-order valence-electron chi connectivity index (χ4n) is 3.25. The summed E-state index contributed by atoms with van der Waals surface area (Å²) in [6.45, 7) is 7.18. The van der Waals surface area contributed by atoms with E-state index in [0.29, 0.717) is 6.54 Å². The van der Waals surface area contributed by atoms with Gasteiger partial charge in [-0.05, 0) is 37.6 Å². The van der Waals surface area contributed by atoms with Gasteiger partial charge in [-0.3, -0.25) is 9.69 Å². The Kier molecular flexibility index (Phi) is 5.65. The summed E-state index contributed by atoms with van der Waals surface area (Å²) < 4.78 is 0. The minimum atomic E-state index is 0.00602. The van der Waals surface area contributed by atoms with E-state index in [-0.39, 0.29) is 11.9 Å². The molecule has 5 nitrogen and oxygen atoms in total. The van der Waals surface area contributed by atoms with E-state index in [1.807, 2.05) is 0 Å². The predicted molar refractivity (Wildman–Crippen MR) is 92.1 cm³/mol. The number of carbonyl (C=O) groups excluding carboxylic acids is 1. The average Bonchev–Trinajstić information content (AvgIpc) is 3.11. The fraction of sp³-hybridized carbons (Fsp3) is 0.611. The maximum absolute atomic E-state index is 12.0. The molecule has 0 aromatic heterocycles. The van der Waals surface area contributed by atoms with Gasteiger partial charge in [0.2, 0.25) is 5.91 Å². The van der Waals surface area contributed by atoms with Crippen LogP contribution in [0.25, 0.3) is 0 Å². The van der Waals surface area contributed by atoms with Gasteiger partial charge in [-0.2, -0.15) is 0 Å². The van der Waals surface area contributed by atoms with Crippen LogP contribution < -0.4 is 10.6 Å². The topological polar surface area (TPSA) is 47.6 Å². The van der Waals surface area contributed by atoms with Crippen molar-refractivity contribution in [3.05, 3.63) is 35.4 Å². The monoisotopic (exact) mass is 316 g/mol. The number of benzene rings is 1. The summed E-state index contributed by atoms with van der Waals surface area (Å²) in [5.74, 6) is 0.129. The molecule has 1 unspecified atom stereocenters. The van der Waals surface area contributed by atoms with Gasteiger partial charge in [0.05, 0.1) is 6.04 Å². The highest BCUT2D eigenvalue weighted by Gasteiger charge is 2.21. The van der Waals surface area contributed by atoms with Crippen LogP contribution >= 0.6 is 0 Å². The Balaban J connectivity index is 1.44. The van der Waals surface area contributed by atoms with Crippen molar-refractivity contribution in [3.63, 3.8) is 0 Å². The van der Waals surface area contributed by atoms with Gasteiger partial charge < -0.3 is 15.5 Å². The minimum absolute atomic E-state index is 0.00602. The summed E-state index contributed by atoms with van der Waals surface area (Å²) >= 11 is 0. The molecule has 5 heteroatoms. The van der Waals surface area contributed by atoms with E-state index < -0.39 is 0 Å². The zero-order valence-electron chi connectivity index (χ0n) is 14.1. The molecule has 0 spiro atoms. The van der Waals surface area contributed by atoms with Crippen LogP contribution in [0.1, 0.15) is 24.0 Å². The van der Waals surface area contributed by atoms with Crippen LogP contribution in [-0.2, 0) is 17.9 Å². The van der Waals surface area contributed by atoms with E-state index in [2.05, 4.69) is 51.7 Å². The van der Waals surface area contributed by atoms with Crippen molar-refractivity contribution in [2.75, 3.05) is 39.8 Å². The van der Waals surface area contributed by atoms with Crippen LogP contribution in [0.2, 0.25) is 0 Å². The van der Waals surface area contributed by atoms with Crippen molar-refractivity contribution in [2.24, 2.45) is 0 Å². The van der Waals surface area contributed by atoms with Crippen molar-refractivity contribution in [3.8, 4) is 0 Å². The zero-order chi connectivity index (χ0) is 16.1. The van der Waals surface area contributed by atoms with Gasteiger partial charge in [0.15, 0.2) is 0 Å². The molecule has 1 aromatic rings. The van der Waals surface area contributed by atoms with E-state index >= 15 is 0 Å². The fourth-order valence-corrected chi connectivity index (χ4v) is 3.25. The van der Waals surface area contributed by atoms with Crippen LogP contribution in [0.15, 0.2) is 24.3 Å². The second-order valence-corrected chi connectivity index (χ2v) is 6.76. The van der Waals surface area contributed by atoms with Gasteiger partial charge in [-0.1, -0.05) is 24.3 Å². The van der Waals surface area contributed by atoms with E-state index in [4.69, 9.17) is 0 Å². The molecule has 2 saturated heterocycles. The van der Waals surface area contributed by atoms with Gasteiger partial charge >= 0.3 is 0 Å². The molecule has 1 amide bonds. The second kappa shape index (κ2) is 7.90. The van der Waals surface area contributed by atoms with Gasteiger partial charge in [-0.25, -0.2) is 0 Å². The number of rotatable bonds is 5. The Morgan fingerprint density at radius 2 is 1.87 bits per heavy atom. The van der Waals surface area contributed by atoms with E-state index in [0.717, 1.165) is 52.1 Å². The van der Waals surface area contributed by atoms with E-state index in [1.54, 1.807) is 0 Å². The third kappa shape index (κ3) is 4.77. The lowest BCUT2D eigenvalue weighted by atomic mass is 10.1. The highest BCUT2D eigenvalue weighted by molar-refractivity contribution is 5.81. The van der Waals surface area contributed by atoms with Crippen LogP contribution in [0.4, 0.5) is 0 Å². The number of hydrogen-bond acceptors (Lipinski definition) is 4.